The van der Waals surface area contributed by atoms with Gasteiger partial charge in [-0.15, -0.1) is 0 Å². The number of aryl methyl sites for hydroxylation is 2. The molecule has 0 radical (unpaired) electrons. The highest BCUT2D eigenvalue weighted by Crippen LogP contribution is 2.28. The minimum Gasteiger partial charge on any atom is -0.490 e. The summed E-state index contributed by atoms with van der Waals surface area (Å²) in [7, 11) is 0. The van der Waals surface area contributed by atoms with Crippen LogP contribution < -0.4 is 25.0 Å². The van der Waals surface area contributed by atoms with Gasteiger partial charge in [-0.05, 0) is 80.6 Å². The lowest BCUT2D eigenvalue weighted by Gasteiger charge is -2.22. The Labute approximate surface area is 196 Å². The summed E-state index contributed by atoms with van der Waals surface area (Å²) in [5.41, 5.74) is 5.78. The number of ether oxygens (including phenoxy) is 3. The number of carbonyl (C=O) groups is 1. The number of nitrogens with one attached hydrogen (secondary N) is 2. The average Bonchev–Trinajstić information content (AvgIpc) is 2.81. The molecule has 7 heteroatoms. The van der Waals surface area contributed by atoms with E-state index in [1.54, 1.807) is 6.21 Å². The molecule has 2 amide bonds. The lowest BCUT2D eigenvalue weighted by atomic mass is 9.96. The number of hydrogen-bond donors (Lipinski definition) is 2. The van der Waals surface area contributed by atoms with Crippen LogP contribution in [-0.2, 0) is 0 Å². The number of hydrogen-bond acceptors (Lipinski definition) is 5. The monoisotopic (exact) mass is 453 g/mol. The van der Waals surface area contributed by atoms with Gasteiger partial charge in [0.2, 0.25) is 0 Å². The van der Waals surface area contributed by atoms with E-state index in [9.17, 15) is 4.79 Å². The Balaban J connectivity index is 1.48. The van der Waals surface area contributed by atoms with Crippen molar-refractivity contribution >= 4 is 12.2 Å². The number of carbonyl (C=O) groups excluding carboxylic acids is 1. The number of amides is 2. The summed E-state index contributed by atoms with van der Waals surface area (Å²) < 4.78 is 17.4. The highest BCUT2D eigenvalue weighted by Gasteiger charge is 2.15. The molecule has 0 aromatic heterocycles. The maximum atomic E-state index is 12.0. The minimum atomic E-state index is -0.271. The van der Waals surface area contributed by atoms with Crippen molar-refractivity contribution in [1.82, 2.24) is 10.7 Å². The molecule has 1 fully saturated rings. The third-order valence-corrected chi connectivity index (χ3v) is 5.68. The second-order valence-corrected chi connectivity index (χ2v) is 8.26. The van der Waals surface area contributed by atoms with Gasteiger partial charge >= 0.3 is 6.03 Å². The van der Waals surface area contributed by atoms with Gasteiger partial charge in [-0.3, -0.25) is 0 Å². The molecule has 1 aliphatic rings. The first-order valence-electron chi connectivity index (χ1n) is 11.7. The van der Waals surface area contributed by atoms with E-state index in [1.165, 1.54) is 30.4 Å². The van der Waals surface area contributed by atoms with Gasteiger partial charge in [0.05, 0.1) is 12.8 Å². The quantitative estimate of drug-likeness (QED) is 0.297. The van der Waals surface area contributed by atoms with Gasteiger partial charge in [-0.25, -0.2) is 10.2 Å². The maximum absolute atomic E-state index is 12.0. The van der Waals surface area contributed by atoms with E-state index in [-0.39, 0.29) is 12.1 Å². The molecule has 0 saturated heterocycles. The van der Waals surface area contributed by atoms with Gasteiger partial charge in [0.1, 0.15) is 19.0 Å². The number of nitrogens with zero attached hydrogens (tertiary/aromatic N) is 1. The van der Waals surface area contributed by atoms with Crippen molar-refractivity contribution in [2.45, 2.75) is 58.9 Å². The molecule has 2 aromatic carbocycles. The summed E-state index contributed by atoms with van der Waals surface area (Å²) in [4.78, 5) is 12.0. The predicted molar refractivity (Wildman–Crippen MR) is 131 cm³/mol. The Hall–Kier alpha value is -3.22. The first-order valence-corrected chi connectivity index (χ1v) is 11.7. The maximum Gasteiger partial charge on any atom is 0.335 e. The molecule has 0 heterocycles. The summed E-state index contributed by atoms with van der Waals surface area (Å²) in [6.45, 7) is 7.40. The van der Waals surface area contributed by atoms with Crippen LogP contribution in [0.15, 0.2) is 41.5 Å². The van der Waals surface area contributed by atoms with Crippen LogP contribution in [0.2, 0.25) is 0 Å². The molecular formula is C26H35N3O4. The smallest absolute Gasteiger partial charge is 0.335 e. The number of urea groups is 1. The molecule has 7 nitrogen and oxygen atoms in total. The van der Waals surface area contributed by atoms with Crippen LogP contribution in [0.3, 0.4) is 0 Å². The highest BCUT2D eigenvalue weighted by molar-refractivity contribution is 5.82. The minimum absolute atomic E-state index is 0.244. The van der Waals surface area contributed by atoms with E-state index in [1.807, 2.05) is 43.3 Å². The van der Waals surface area contributed by atoms with E-state index >= 15 is 0 Å². The molecule has 0 bridgehead atoms. The van der Waals surface area contributed by atoms with Crippen LogP contribution in [0.5, 0.6) is 17.2 Å². The van der Waals surface area contributed by atoms with Gasteiger partial charge < -0.3 is 19.5 Å². The third-order valence-electron chi connectivity index (χ3n) is 5.68. The first-order chi connectivity index (χ1) is 16.0. The lowest BCUT2D eigenvalue weighted by Crippen LogP contribution is -2.41. The Kier molecular flexibility index (Phi) is 9.42. The molecule has 3 rings (SSSR count). The van der Waals surface area contributed by atoms with Crippen molar-refractivity contribution in [2.24, 2.45) is 5.10 Å². The van der Waals surface area contributed by atoms with Crippen LogP contribution in [0, 0.1) is 13.8 Å². The molecule has 0 unspecified atom stereocenters. The fourth-order valence-corrected chi connectivity index (χ4v) is 3.74. The molecule has 33 heavy (non-hydrogen) atoms. The lowest BCUT2D eigenvalue weighted by molar-refractivity contribution is 0.208. The Morgan fingerprint density at radius 2 is 1.76 bits per heavy atom. The van der Waals surface area contributed by atoms with Crippen LogP contribution in [0.25, 0.3) is 0 Å². The topological polar surface area (TPSA) is 81.2 Å². The molecule has 1 saturated carbocycles. The molecule has 2 N–H and O–H groups in total. The van der Waals surface area contributed by atoms with Gasteiger partial charge in [-0.2, -0.15) is 5.10 Å². The zero-order chi connectivity index (χ0) is 23.5. The zero-order valence-electron chi connectivity index (χ0n) is 19.9. The fourth-order valence-electron chi connectivity index (χ4n) is 3.74. The van der Waals surface area contributed by atoms with Crippen molar-refractivity contribution in [2.75, 3.05) is 19.8 Å². The number of rotatable bonds is 10. The second kappa shape index (κ2) is 12.7. The summed E-state index contributed by atoms with van der Waals surface area (Å²) in [5.74, 6) is 2.10. The van der Waals surface area contributed by atoms with Crippen molar-refractivity contribution in [3.05, 3.63) is 53.1 Å². The van der Waals surface area contributed by atoms with E-state index in [2.05, 4.69) is 29.7 Å². The summed E-state index contributed by atoms with van der Waals surface area (Å²) >= 11 is 0. The number of hydrazone groups is 1. The largest absolute Gasteiger partial charge is 0.490 e. The zero-order valence-corrected chi connectivity index (χ0v) is 19.9. The normalized spacial score (nSPS) is 14.2. The molecule has 1 aliphatic carbocycles. The van der Waals surface area contributed by atoms with E-state index in [0.717, 1.165) is 24.2 Å². The van der Waals surface area contributed by atoms with Crippen molar-refractivity contribution in [1.29, 1.82) is 0 Å². The van der Waals surface area contributed by atoms with Crippen molar-refractivity contribution in [3.63, 3.8) is 0 Å². The van der Waals surface area contributed by atoms with E-state index in [4.69, 9.17) is 14.2 Å². The molecule has 0 aliphatic heterocycles. The van der Waals surface area contributed by atoms with Gasteiger partial charge in [0, 0.05) is 6.04 Å². The molecule has 2 aromatic rings. The predicted octanol–water partition coefficient (Wildman–Crippen LogP) is 5.13. The number of benzene rings is 2. The Morgan fingerprint density at radius 3 is 2.52 bits per heavy atom. The van der Waals surface area contributed by atoms with Gasteiger partial charge in [0.15, 0.2) is 11.5 Å². The SMILES string of the molecule is CCOc1cc(C=NNC(=O)NC2CCCCC2)ccc1OCCOc1ccc(C)c(C)c1. The van der Waals surface area contributed by atoms with Crippen LogP contribution in [-0.4, -0.2) is 38.1 Å². The molecule has 0 spiro atoms. The standard InChI is InChI=1S/C26H35N3O4/c1-4-31-25-17-21(18-27-29-26(30)28-22-8-6-5-7-9-22)11-13-24(25)33-15-14-32-23-12-10-19(2)20(3)16-23/h10-13,16-18,22H,4-9,14-15H2,1-3H3,(H2,28,29,30). The van der Waals surface area contributed by atoms with Crippen LogP contribution >= 0.6 is 0 Å². The molecular weight excluding hydrogens is 418 g/mol. The third kappa shape index (κ3) is 8.00. The molecule has 0 atom stereocenters. The van der Waals surface area contributed by atoms with E-state index in [0.29, 0.717) is 31.3 Å². The van der Waals surface area contributed by atoms with Crippen molar-refractivity contribution in [3.8, 4) is 17.2 Å². The average molecular weight is 454 g/mol. The van der Waals surface area contributed by atoms with Crippen molar-refractivity contribution < 1.29 is 19.0 Å². The first kappa shape index (κ1) is 24.4. The van der Waals surface area contributed by atoms with Gasteiger partial charge in [-0.1, -0.05) is 25.3 Å². The fraction of sp³-hybridized carbons (Fsp3) is 0.462. The van der Waals surface area contributed by atoms with E-state index < -0.39 is 0 Å². The van der Waals surface area contributed by atoms with Crippen LogP contribution in [0.4, 0.5) is 4.79 Å². The Morgan fingerprint density at radius 1 is 0.970 bits per heavy atom. The summed E-state index contributed by atoms with van der Waals surface area (Å²) in [5, 5.41) is 7.03. The van der Waals surface area contributed by atoms with Gasteiger partial charge in [0.25, 0.3) is 0 Å². The second-order valence-electron chi connectivity index (χ2n) is 8.26. The summed E-state index contributed by atoms with van der Waals surface area (Å²) in [6.07, 6.45) is 7.24. The Bertz CT molecular complexity index is 939. The van der Waals surface area contributed by atoms with Crippen LogP contribution in [0.1, 0.15) is 55.7 Å². The molecule has 178 valence electrons. The summed E-state index contributed by atoms with van der Waals surface area (Å²) in [6, 6.07) is 11.6. The highest BCUT2D eigenvalue weighted by atomic mass is 16.5.